The Balaban J connectivity index is 3.44. The lowest BCUT2D eigenvalue weighted by atomic mass is 10.3. The monoisotopic (exact) mass is 292 g/mol. The van der Waals surface area contributed by atoms with Gasteiger partial charge in [0.05, 0.1) is 5.69 Å². The number of rotatable bonds is 3. The van der Waals surface area contributed by atoms with Crippen LogP contribution in [0.15, 0.2) is 17.0 Å². The van der Waals surface area contributed by atoms with E-state index in [9.17, 15) is 26.8 Å². The Morgan fingerprint density at radius 2 is 1.58 bits per heavy atom. The van der Waals surface area contributed by atoms with Crippen LogP contribution in [0, 0.1) is 11.6 Å². The molecule has 0 fully saturated rings. The first-order valence-corrected chi connectivity index (χ1v) is 6.42. The topological polar surface area (TPSA) is 92.3 Å². The van der Waals surface area contributed by atoms with Gasteiger partial charge in [-0.2, -0.15) is 0 Å². The summed E-state index contributed by atoms with van der Waals surface area (Å²) in [6, 6.07) is 0.900. The molecule has 0 aromatic heterocycles. The minimum atomic E-state index is -4.40. The number of amides is 2. The van der Waals surface area contributed by atoms with Crippen LogP contribution in [0.3, 0.4) is 0 Å². The number of halogens is 2. The van der Waals surface area contributed by atoms with Crippen LogP contribution in [0.2, 0.25) is 0 Å². The molecule has 2 amide bonds. The summed E-state index contributed by atoms with van der Waals surface area (Å²) in [7, 11) is -4.40. The van der Waals surface area contributed by atoms with Crippen molar-refractivity contribution in [2.75, 3.05) is 5.32 Å². The van der Waals surface area contributed by atoms with Crippen LogP contribution in [0.25, 0.3) is 0 Å². The van der Waals surface area contributed by atoms with Gasteiger partial charge >= 0.3 is 0 Å². The third-order valence-corrected chi connectivity index (χ3v) is 3.37. The number of anilines is 1. The second-order valence-electron chi connectivity index (χ2n) is 3.61. The van der Waals surface area contributed by atoms with Crippen molar-refractivity contribution in [3.63, 3.8) is 0 Å². The smallest absolute Gasteiger partial charge is 0.266 e. The number of carbonyl (C=O) groups is 2. The average Bonchev–Trinajstić information content (AvgIpc) is 2.20. The van der Waals surface area contributed by atoms with Gasteiger partial charge in [0.15, 0.2) is 11.6 Å². The molecule has 0 radical (unpaired) electrons. The van der Waals surface area contributed by atoms with Crippen LogP contribution in [0.1, 0.15) is 13.8 Å². The Labute approximate surface area is 107 Å². The van der Waals surface area contributed by atoms with Gasteiger partial charge in [0.1, 0.15) is 4.90 Å². The molecule has 2 N–H and O–H groups in total. The second kappa shape index (κ2) is 5.31. The SMILES string of the molecule is CC(=O)Nc1cc(F)c(F)cc1S(=O)(=O)NC(C)=O. The Kier molecular flexibility index (Phi) is 4.20. The van der Waals surface area contributed by atoms with Crippen molar-refractivity contribution >= 4 is 27.5 Å². The van der Waals surface area contributed by atoms with Gasteiger partial charge in [-0.25, -0.2) is 21.9 Å². The summed E-state index contributed by atoms with van der Waals surface area (Å²) >= 11 is 0. The van der Waals surface area contributed by atoms with Gasteiger partial charge in [-0.05, 0) is 6.07 Å². The van der Waals surface area contributed by atoms with E-state index in [1.165, 1.54) is 0 Å². The molecular formula is C10H10F2N2O4S. The highest BCUT2D eigenvalue weighted by Crippen LogP contribution is 2.24. The molecule has 0 saturated heterocycles. The zero-order chi connectivity index (χ0) is 14.8. The molecule has 1 aromatic carbocycles. The number of nitrogens with one attached hydrogen (secondary N) is 2. The molecular weight excluding hydrogens is 282 g/mol. The maximum Gasteiger partial charge on any atom is 0.266 e. The highest BCUT2D eigenvalue weighted by Gasteiger charge is 2.23. The lowest BCUT2D eigenvalue weighted by molar-refractivity contribution is -0.117. The standard InChI is InChI=1S/C10H10F2N2O4S/c1-5(15)13-9-3-7(11)8(12)4-10(9)19(17,18)14-6(2)16/h3-4H,1-2H3,(H,13,15)(H,14,16). The number of hydrogen-bond acceptors (Lipinski definition) is 4. The fourth-order valence-corrected chi connectivity index (χ4v) is 2.43. The highest BCUT2D eigenvalue weighted by atomic mass is 32.2. The van der Waals surface area contributed by atoms with Gasteiger partial charge < -0.3 is 5.32 Å². The molecule has 6 nitrogen and oxygen atoms in total. The largest absolute Gasteiger partial charge is 0.325 e. The first kappa shape index (κ1) is 15.0. The molecule has 0 spiro atoms. The van der Waals surface area contributed by atoms with Crippen LogP contribution < -0.4 is 10.0 Å². The van der Waals surface area contributed by atoms with Crippen molar-refractivity contribution < 1.29 is 26.8 Å². The summed E-state index contributed by atoms with van der Waals surface area (Å²) in [5.74, 6) is -4.33. The van der Waals surface area contributed by atoms with Crippen molar-refractivity contribution in [1.29, 1.82) is 0 Å². The Morgan fingerprint density at radius 3 is 2.05 bits per heavy atom. The third kappa shape index (κ3) is 3.71. The summed E-state index contributed by atoms with van der Waals surface area (Å²) in [4.78, 5) is 20.9. The number of sulfonamides is 1. The van der Waals surface area contributed by atoms with E-state index in [2.05, 4.69) is 0 Å². The molecule has 104 valence electrons. The molecule has 9 heteroatoms. The van der Waals surface area contributed by atoms with E-state index < -0.39 is 44.1 Å². The maximum atomic E-state index is 13.1. The van der Waals surface area contributed by atoms with Crippen LogP contribution in [0.5, 0.6) is 0 Å². The second-order valence-corrected chi connectivity index (χ2v) is 5.26. The molecule has 0 atom stereocenters. The molecule has 0 aliphatic carbocycles. The summed E-state index contributed by atoms with van der Waals surface area (Å²) in [6.07, 6.45) is 0. The van der Waals surface area contributed by atoms with Gasteiger partial charge in [0.2, 0.25) is 11.8 Å². The molecule has 0 aliphatic rings. The molecule has 0 aliphatic heterocycles. The van der Waals surface area contributed by atoms with Crippen molar-refractivity contribution in [1.82, 2.24) is 4.72 Å². The fraction of sp³-hybridized carbons (Fsp3) is 0.200. The van der Waals surface area contributed by atoms with Crippen molar-refractivity contribution in [3.05, 3.63) is 23.8 Å². The first-order valence-electron chi connectivity index (χ1n) is 4.93. The summed E-state index contributed by atoms with van der Waals surface area (Å²) < 4.78 is 51.2. The van der Waals surface area contributed by atoms with E-state index in [0.29, 0.717) is 12.1 Å². The lowest BCUT2D eigenvalue weighted by Gasteiger charge is -2.11. The summed E-state index contributed by atoms with van der Waals surface area (Å²) in [6.45, 7) is 2.01. The van der Waals surface area contributed by atoms with Crippen LogP contribution in [0.4, 0.5) is 14.5 Å². The normalized spacial score (nSPS) is 10.9. The van der Waals surface area contributed by atoms with Gasteiger partial charge in [-0.1, -0.05) is 0 Å². The molecule has 1 rings (SSSR count). The first-order chi connectivity index (χ1) is 8.63. The minimum Gasteiger partial charge on any atom is -0.325 e. The molecule has 1 aromatic rings. The van der Waals surface area contributed by atoms with Crippen LogP contribution in [-0.2, 0) is 19.6 Å². The van der Waals surface area contributed by atoms with Crippen molar-refractivity contribution in [2.45, 2.75) is 18.7 Å². The number of benzene rings is 1. The fourth-order valence-electron chi connectivity index (χ4n) is 1.28. The highest BCUT2D eigenvalue weighted by molar-refractivity contribution is 7.90. The molecule has 19 heavy (non-hydrogen) atoms. The van der Waals surface area contributed by atoms with E-state index in [1.54, 1.807) is 4.72 Å². The molecule has 0 saturated carbocycles. The Bertz CT molecular complexity index is 643. The van der Waals surface area contributed by atoms with Crippen molar-refractivity contribution in [3.8, 4) is 0 Å². The zero-order valence-electron chi connectivity index (χ0n) is 9.95. The van der Waals surface area contributed by atoms with E-state index in [-0.39, 0.29) is 0 Å². The minimum absolute atomic E-state index is 0.381. The third-order valence-electron chi connectivity index (χ3n) is 1.90. The molecule has 0 bridgehead atoms. The average molecular weight is 292 g/mol. The molecule has 0 heterocycles. The van der Waals surface area contributed by atoms with Crippen LogP contribution >= 0.6 is 0 Å². The van der Waals surface area contributed by atoms with Gasteiger partial charge in [-0.3, -0.25) is 9.59 Å². The molecule has 0 unspecified atom stereocenters. The van der Waals surface area contributed by atoms with Gasteiger partial charge in [0.25, 0.3) is 10.0 Å². The van der Waals surface area contributed by atoms with E-state index in [4.69, 9.17) is 0 Å². The maximum absolute atomic E-state index is 13.1. The van der Waals surface area contributed by atoms with Crippen molar-refractivity contribution in [2.24, 2.45) is 0 Å². The lowest BCUT2D eigenvalue weighted by Crippen LogP contribution is -2.29. The number of hydrogen-bond donors (Lipinski definition) is 2. The predicted octanol–water partition coefficient (Wildman–Crippen LogP) is 0.748. The Morgan fingerprint density at radius 1 is 1.05 bits per heavy atom. The van der Waals surface area contributed by atoms with E-state index in [1.807, 2.05) is 5.32 Å². The summed E-state index contributed by atoms with van der Waals surface area (Å²) in [5.41, 5.74) is -0.458. The quantitative estimate of drug-likeness (QED) is 0.859. The van der Waals surface area contributed by atoms with E-state index >= 15 is 0 Å². The van der Waals surface area contributed by atoms with E-state index in [0.717, 1.165) is 13.8 Å². The van der Waals surface area contributed by atoms with Gasteiger partial charge in [0, 0.05) is 19.9 Å². The Hall–Kier alpha value is -2.03. The predicted molar refractivity (Wildman–Crippen MR) is 61.7 cm³/mol. The zero-order valence-corrected chi connectivity index (χ0v) is 10.8. The summed E-state index contributed by atoms with van der Waals surface area (Å²) in [5, 5.41) is 2.04. The van der Waals surface area contributed by atoms with Gasteiger partial charge in [-0.15, -0.1) is 0 Å². The van der Waals surface area contributed by atoms with Crippen LogP contribution in [-0.4, -0.2) is 20.2 Å². The number of carbonyl (C=O) groups excluding carboxylic acids is 2.